The standard InChI is InChI=1S/C20H13F3N4O/c21-20(22,23)15-4-1-3-14(11-15)17-12-27-10-2-5-16(18(27)25-17)26-19(28)13-6-8-24-9-7-13/h1-12H,(H,26,28). The summed E-state index contributed by atoms with van der Waals surface area (Å²) in [5.41, 5.74) is 1.27. The third-order valence-electron chi connectivity index (χ3n) is 4.16. The summed E-state index contributed by atoms with van der Waals surface area (Å²) < 4.78 is 40.6. The second kappa shape index (κ2) is 6.80. The van der Waals surface area contributed by atoms with Crippen molar-refractivity contribution in [2.75, 3.05) is 5.32 Å². The van der Waals surface area contributed by atoms with Gasteiger partial charge in [-0.3, -0.25) is 9.78 Å². The van der Waals surface area contributed by atoms with E-state index in [1.54, 1.807) is 47.1 Å². The predicted molar refractivity (Wildman–Crippen MR) is 97.8 cm³/mol. The molecule has 5 nitrogen and oxygen atoms in total. The number of rotatable bonds is 3. The van der Waals surface area contributed by atoms with Gasteiger partial charge in [0, 0.05) is 35.9 Å². The van der Waals surface area contributed by atoms with Gasteiger partial charge in [-0.15, -0.1) is 0 Å². The molecule has 0 radical (unpaired) electrons. The van der Waals surface area contributed by atoms with Gasteiger partial charge in [-0.2, -0.15) is 13.2 Å². The Balaban J connectivity index is 1.71. The third kappa shape index (κ3) is 3.44. The molecule has 0 aliphatic carbocycles. The van der Waals surface area contributed by atoms with Crippen molar-refractivity contribution < 1.29 is 18.0 Å². The van der Waals surface area contributed by atoms with Gasteiger partial charge in [0.25, 0.3) is 5.91 Å². The van der Waals surface area contributed by atoms with E-state index in [-0.39, 0.29) is 5.91 Å². The van der Waals surface area contributed by atoms with Crippen LogP contribution in [0.15, 0.2) is 73.3 Å². The first kappa shape index (κ1) is 17.7. The van der Waals surface area contributed by atoms with E-state index >= 15 is 0 Å². The highest BCUT2D eigenvalue weighted by Crippen LogP contribution is 2.32. The number of carbonyl (C=O) groups excluding carboxylic acids is 1. The molecule has 0 aliphatic heterocycles. The number of nitrogens with one attached hydrogen (secondary N) is 1. The molecule has 28 heavy (non-hydrogen) atoms. The fourth-order valence-electron chi connectivity index (χ4n) is 2.80. The van der Waals surface area contributed by atoms with Crippen molar-refractivity contribution in [2.45, 2.75) is 6.18 Å². The molecule has 3 heterocycles. The van der Waals surface area contributed by atoms with Crippen LogP contribution in [0.2, 0.25) is 0 Å². The first-order valence-corrected chi connectivity index (χ1v) is 8.28. The van der Waals surface area contributed by atoms with Crippen LogP contribution in [0.3, 0.4) is 0 Å². The summed E-state index contributed by atoms with van der Waals surface area (Å²) in [5, 5.41) is 2.77. The lowest BCUT2D eigenvalue weighted by molar-refractivity contribution is -0.137. The maximum Gasteiger partial charge on any atom is 0.416 e. The number of halogens is 3. The van der Waals surface area contributed by atoms with Gasteiger partial charge in [0.1, 0.15) is 0 Å². The molecule has 0 unspecified atom stereocenters. The van der Waals surface area contributed by atoms with Crippen LogP contribution in [0.1, 0.15) is 15.9 Å². The normalized spacial score (nSPS) is 11.5. The van der Waals surface area contributed by atoms with E-state index in [0.717, 1.165) is 12.1 Å². The summed E-state index contributed by atoms with van der Waals surface area (Å²) in [4.78, 5) is 20.7. The Hall–Kier alpha value is -3.68. The molecule has 0 spiro atoms. The quantitative estimate of drug-likeness (QED) is 0.560. The fraction of sp³-hybridized carbons (Fsp3) is 0.0500. The number of nitrogens with zero attached hydrogens (tertiary/aromatic N) is 3. The number of hydrogen-bond donors (Lipinski definition) is 1. The van der Waals surface area contributed by atoms with E-state index in [1.807, 2.05) is 0 Å². The zero-order chi connectivity index (χ0) is 19.7. The van der Waals surface area contributed by atoms with Crippen molar-refractivity contribution in [1.29, 1.82) is 0 Å². The molecule has 0 saturated carbocycles. The van der Waals surface area contributed by atoms with Crippen molar-refractivity contribution in [3.8, 4) is 11.3 Å². The number of amides is 1. The first-order valence-electron chi connectivity index (χ1n) is 8.28. The molecular weight excluding hydrogens is 369 g/mol. The van der Waals surface area contributed by atoms with E-state index in [4.69, 9.17) is 0 Å². The number of hydrogen-bond acceptors (Lipinski definition) is 3. The third-order valence-corrected chi connectivity index (χ3v) is 4.16. The second-order valence-electron chi connectivity index (χ2n) is 6.05. The average Bonchev–Trinajstić information content (AvgIpc) is 3.13. The molecule has 140 valence electrons. The summed E-state index contributed by atoms with van der Waals surface area (Å²) >= 11 is 0. The lowest BCUT2D eigenvalue weighted by atomic mass is 10.1. The predicted octanol–water partition coefficient (Wildman–Crippen LogP) is 4.67. The molecule has 1 N–H and O–H groups in total. The van der Waals surface area contributed by atoms with E-state index in [2.05, 4.69) is 15.3 Å². The fourth-order valence-corrected chi connectivity index (χ4v) is 2.80. The van der Waals surface area contributed by atoms with Gasteiger partial charge in [0.05, 0.1) is 16.9 Å². The van der Waals surface area contributed by atoms with E-state index in [9.17, 15) is 18.0 Å². The summed E-state index contributed by atoms with van der Waals surface area (Å²) in [5.74, 6) is -0.334. The Morgan fingerprint density at radius 3 is 2.57 bits per heavy atom. The lowest BCUT2D eigenvalue weighted by Crippen LogP contribution is -2.12. The SMILES string of the molecule is O=C(Nc1cccn2cc(-c3cccc(C(F)(F)F)c3)nc12)c1ccncc1. The zero-order valence-corrected chi connectivity index (χ0v) is 14.3. The molecule has 3 aromatic heterocycles. The van der Waals surface area contributed by atoms with Crippen LogP contribution >= 0.6 is 0 Å². The van der Waals surface area contributed by atoms with Gasteiger partial charge >= 0.3 is 6.18 Å². The summed E-state index contributed by atoms with van der Waals surface area (Å²) in [7, 11) is 0. The van der Waals surface area contributed by atoms with Crippen molar-refractivity contribution in [1.82, 2.24) is 14.4 Å². The lowest BCUT2D eigenvalue weighted by Gasteiger charge is -2.07. The van der Waals surface area contributed by atoms with Gasteiger partial charge in [-0.25, -0.2) is 4.98 Å². The molecule has 0 atom stereocenters. The molecule has 0 bridgehead atoms. The van der Waals surface area contributed by atoms with Crippen LogP contribution in [0.4, 0.5) is 18.9 Å². The minimum Gasteiger partial charge on any atom is -0.319 e. The van der Waals surface area contributed by atoms with Crippen molar-refractivity contribution in [3.63, 3.8) is 0 Å². The molecule has 1 amide bonds. The Bertz CT molecular complexity index is 1150. The highest BCUT2D eigenvalue weighted by atomic mass is 19.4. The van der Waals surface area contributed by atoms with E-state index in [0.29, 0.717) is 28.2 Å². The number of fused-ring (bicyclic) bond motifs is 1. The number of benzene rings is 1. The van der Waals surface area contributed by atoms with Crippen molar-refractivity contribution >= 4 is 17.2 Å². The summed E-state index contributed by atoms with van der Waals surface area (Å²) in [6, 6.07) is 11.5. The largest absolute Gasteiger partial charge is 0.416 e. The van der Waals surface area contributed by atoms with E-state index in [1.165, 1.54) is 18.5 Å². The number of alkyl halides is 3. The van der Waals surface area contributed by atoms with Crippen LogP contribution in [-0.2, 0) is 6.18 Å². The van der Waals surface area contributed by atoms with Crippen LogP contribution in [-0.4, -0.2) is 20.3 Å². The van der Waals surface area contributed by atoms with Gasteiger partial charge in [0.15, 0.2) is 5.65 Å². The topological polar surface area (TPSA) is 59.3 Å². The number of imidazole rings is 1. The van der Waals surface area contributed by atoms with Crippen molar-refractivity contribution in [2.24, 2.45) is 0 Å². The maximum absolute atomic E-state index is 13.0. The molecule has 0 fully saturated rings. The van der Waals surface area contributed by atoms with Gasteiger partial charge < -0.3 is 9.72 Å². The maximum atomic E-state index is 13.0. The van der Waals surface area contributed by atoms with Crippen LogP contribution < -0.4 is 5.32 Å². The highest BCUT2D eigenvalue weighted by molar-refractivity contribution is 6.05. The second-order valence-corrected chi connectivity index (χ2v) is 6.05. The number of carbonyl (C=O) groups is 1. The van der Waals surface area contributed by atoms with Crippen LogP contribution in [0, 0.1) is 0 Å². The molecule has 1 aromatic carbocycles. The molecule has 4 aromatic rings. The zero-order valence-electron chi connectivity index (χ0n) is 14.3. The van der Waals surface area contributed by atoms with Crippen molar-refractivity contribution in [3.05, 3.63) is 84.4 Å². The number of aromatic nitrogens is 3. The molecule has 0 aliphatic rings. The Morgan fingerprint density at radius 2 is 1.82 bits per heavy atom. The van der Waals surface area contributed by atoms with Gasteiger partial charge in [-0.1, -0.05) is 12.1 Å². The smallest absolute Gasteiger partial charge is 0.319 e. The number of anilines is 1. The molecular formula is C20H13F3N4O. The Labute approximate surface area is 157 Å². The summed E-state index contributed by atoms with van der Waals surface area (Å²) in [6.45, 7) is 0. The van der Waals surface area contributed by atoms with Crippen LogP contribution in [0.5, 0.6) is 0 Å². The highest BCUT2D eigenvalue weighted by Gasteiger charge is 2.30. The monoisotopic (exact) mass is 382 g/mol. The van der Waals surface area contributed by atoms with E-state index < -0.39 is 11.7 Å². The average molecular weight is 382 g/mol. The minimum atomic E-state index is -4.43. The molecule has 8 heteroatoms. The summed E-state index contributed by atoms with van der Waals surface area (Å²) in [6.07, 6.45) is 1.92. The molecule has 4 rings (SSSR count). The Kier molecular flexibility index (Phi) is 4.31. The van der Waals surface area contributed by atoms with Gasteiger partial charge in [0.2, 0.25) is 0 Å². The number of pyridine rings is 2. The van der Waals surface area contributed by atoms with Gasteiger partial charge in [-0.05, 0) is 36.4 Å². The van der Waals surface area contributed by atoms with Crippen LogP contribution in [0.25, 0.3) is 16.9 Å². The minimum absolute atomic E-state index is 0.334. The Morgan fingerprint density at radius 1 is 1.04 bits per heavy atom. The first-order chi connectivity index (χ1) is 13.4. The molecule has 0 saturated heterocycles.